The predicted octanol–water partition coefficient (Wildman–Crippen LogP) is 0.599. The van der Waals surface area contributed by atoms with E-state index in [1.807, 2.05) is 12.1 Å². The summed E-state index contributed by atoms with van der Waals surface area (Å²) in [5.41, 5.74) is 2.39. The van der Waals surface area contributed by atoms with E-state index < -0.39 is 10.0 Å². The van der Waals surface area contributed by atoms with E-state index in [0.717, 1.165) is 0 Å². The maximum atomic E-state index is 11.3. The van der Waals surface area contributed by atoms with Crippen molar-refractivity contribution in [3.63, 3.8) is 0 Å². The van der Waals surface area contributed by atoms with Crippen LogP contribution in [0.1, 0.15) is 18.1 Å². The third kappa shape index (κ3) is 7.10. The number of hydrogen-bond acceptors (Lipinski definition) is 3. The first-order chi connectivity index (χ1) is 9.96. The van der Waals surface area contributed by atoms with Crippen LogP contribution in [0.4, 0.5) is 0 Å². The zero-order chi connectivity index (χ0) is 15.7. The van der Waals surface area contributed by atoms with E-state index in [1.165, 1.54) is 11.1 Å². The molecule has 0 saturated heterocycles. The number of nitrogens with one attached hydrogen (secondary N) is 3. The molecule has 118 valence electrons. The van der Waals surface area contributed by atoms with Crippen molar-refractivity contribution in [3.8, 4) is 0 Å². The van der Waals surface area contributed by atoms with E-state index in [0.29, 0.717) is 25.6 Å². The van der Waals surface area contributed by atoms with Gasteiger partial charge in [0.15, 0.2) is 5.96 Å². The second-order valence-electron chi connectivity index (χ2n) is 4.64. The molecule has 0 fully saturated rings. The van der Waals surface area contributed by atoms with Gasteiger partial charge in [0.2, 0.25) is 10.0 Å². The van der Waals surface area contributed by atoms with Crippen molar-refractivity contribution in [2.45, 2.75) is 20.4 Å². The van der Waals surface area contributed by atoms with Crippen molar-refractivity contribution in [3.05, 3.63) is 35.4 Å². The predicted molar refractivity (Wildman–Crippen MR) is 86.8 cm³/mol. The number of aliphatic imine (C=N–C) groups is 1. The summed E-state index contributed by atoms with van der Waals surface area (Å²) in [4.78, 5) is 4.10. The Morgan fingerprint density at radius 3 is 2.62 bits per heavy atom. The van der Waals surface area contributed by atoms with Crippen LogP contribution >= 0.6 is 0 Å². The Hall–Kier alpha value is -1.60. The third-order valence-corrected chi connectivity index (χ3v) is 4.29. The molecule has 0 aliphatic rings. The van der Waals surface area contributed by atoms with Crippen LogP contribution in [0.2, 0.25) is 0 Å². The second-order valence-corrected chi connectivity index (χ2v) is 6.73. The molecule has 7 heteroatoms. The van der Waals surface area contributed by atoms with Gasteiger partial charge in [-0.25, -0.2) is 13.1 Å². The van der Waals surface area contributed by atoms with Crippen LogP contribution in [-0.2, 0) is 16.6 Å². The normalized spacial score (nSPS) is 12.2. The van der Waals surface area contributed by atoms with E-state index in [9.17, 15) is 8.42 Å². The van der Waals surface area contributed by atoms with Gasteiger partial charge in [0, 0.05) is 26.7 Å². The number of guanidine groups is 1. The lowest BCUT2D eigenvalue weighted by molar-refractivity contribution is 0.582. The second kappa shape index (κ2) is 8.63. The van der Waals surface area contributed by atoms with Crippen LogP contribution in [0.3, 0.4) is 0 Å². The standard InChI is InChI=1S/C14H24N4O2S/c1-4-21(19,20)18-9-8-16-14(15-3)17-11-13-7-5-6-12(2)10-13/h5-7,10,18H,4,8-9,11H2,1-3H3,(H2,15,16,17). The molecule has 0 atom stereocenters. The summed E-state index contributed by atoms with van der Waals surface area (Å²) < 4.78 is 25.0. The zero-order valence-electron chi connectivity index (χ0n) is 12.8. The molecule has 0 spiro atoms. The lowest BCUT2D eigenvalue weighted by Gasteiger charge is -2.12. The molecule has 1 rings (SSSR count). The molecular formula is C14H24N4O2S. The maximum absolute atomic E-state index is 11.3. The van der Waals surface area contributed by atoms with Crippen LogP contribution in [-0.4, -0.2) is 40.3 Å². The number of hydrogen-bond donors (Lipinski definition) is 3. The highest BCUT2D eigenvalue weighted by Crippen LogP contribution is 2.02. The summed E-state index contributed by atoms with van der Waals surface area (Å²) in [6.07, 6.45) is 0. The molecule has 3 N–H and O–H groups in total. The fourth-order valence-corrected chi connectivity index (χ4v) is 2.34. The molecule has 0 unspecified atom stereocenters. The first-order valence-electron chi connectivity index (χ1n) is 6.94. The molecule has 0 saturated carbocycles. The van der Waals surface area contributed by atoms with E-state index in [2.05, 4.69) is 39.4 Å². The van der Waals surface area contributed by atoms with E-state index in [4.69, 9.17) is 0 Å². The average Bonchev–Trinajstić information content (AvgIpc) is 2.46. The lowest BCUT2D eigenvalue weighted by Crippen LogP contribution is -2.41. The van der Waals surface area contributed by atoms with Gasteiger partial charge in [0.05, 0.1) is 5.75 Å². The lowest BCUT2D eigenvalue weighted by atomic mass is 10.1. The van der Waals surface area contributed by atoms with Crippen LogP contribution in [0.15, 0.2) is 29.3 Å². The van der Waals surface area contributed by atoms with Crippen LogP contribution in [0.5, 0.6) is 0 Å². The number of aryl methyl sites for hydroxylation is 1. The fourth-order valence-electron chi connectivity index (χ4n) is 1.72. The third-order valence-electron chi connectivity index (χ3n) is 2.89. The number of rotatable bonds is 7. The highest BCUT2D eigenvalue weighted by Gasteiger charge is 2.05. The molecular weight excluding hydrogens is 288 g/mol. The first kappa shape index (κ1) is 17.5. The summed E-state index contributed by atoms with van der Waals surface area (Å²) in [5.74, 6) is 0.736. The summed E-state index contributed by atoms with van der Waals surface area (Å²) in [6.45, 7) is 5.14. The molecule has 1 aromatic carbocycles. The largest absolute Gasteiger partial charge is 0.355 e. The fraction of sp³-hybridized carbons (Fsp3) is 0.500. The molecule has 0 heterocycles. The Balaban J connectivity index is 2.33. The Labute approximate surface area is 127 Å². The minimum absolute atomic E-state index is 0.0906. The molecule has 1 aromatic rings. The molecule has 0 amide bonds. The average molecular weight is 312 g/mol. The molecule has 0 radical (unpaired) electrons. The molecule has 0 aliphatic heterocycles. The SMILES string of the molecule is CCS(=O)(=O)NCCNC(=NC)NCc1cccc(C)c1. The Bertz CT molecular complexity index is 570. The van der Waals surface area contributed by atoms with Gasteiger partial charge in [-0.3, -0.25) is 4.99 Å². The van der Waals surface area contributed by atoms with Gasteiger partial charge in [-0.05, 0) is 19.4 Å². The Kier molecular flexibility index (Phi) is 7.18. The summed E-state index contributed by atoms with van der Waals surface area (Å²) >= 11 is 0. The smallest absolute Gasteiger partial charge is 0.211 e. The molecule has 6 nitrogen and oxygen atoms in total. The van der Waals surface area contributed by atoms with Gasteiger partial charge in [-0.1, -0.05) is 29.8 Å². The van der Waals surface area contributed by atoms with E-state index >= 15 is 0 Å². The summed E-state index contributed by atoms with van der Waals surface area (Å²) in [6, 6.07) is 8.22. The number of sulfonamides is 1. The topological polar surface area (TPSA) is 82.6 Å². The Morgan fingerprint density at radius 2 is 2.00 bits per heavy atom. The number of benzene rings is 1. The monoisotopic (exact) mass is 312 g/mol. The van der Waals surface area contributed by atoms with Crippen molar-refractivity contribution in [2.75, 3.05) is 25.9 Å². The highest BCUT2D eigenvalue weighted by atomic mass is 32.2. The van der Waals surface area contributed by atoms with Gasteiger partial charge in [0.1, 0.15) is 0 Å². The van der Waals surface area contributed by atoms with Crippen molar-refractivity contribution in [1.29, 1.82) is 0 Å². The van der Waals surface area contributed by atoms with Crippen LogP contribution in [0.25, 0.3) is 0 Å². The first-order valence-corrected chi connectivity index (χ1v) is 8.59. The van der Waals surface area contributed by atoms with Crippen molar-refractivity contribution in [1.82, 2.24) is 15.4 Å². The molecule has 0 aliphatic carbocycles. The minimum Gasteiger partial charge on any atom is -0.355 e. The quantitative estimate of drug-likeness (QED) is 0.391. The van der Waals surface area contributed by atoms with Gasteiger partial charge in [-0.15, -0.1) is 0 Å². The van der Waals surface area contributed by atoms with Crippen molar-refractivity contribution >= 4 is 16.0 Å². The van der Waals surface area contributed by atoms with E-state index in [-0.39, 0.29) is 5.75 Å². The molecule has 21 heavy (non-hydrogen) atoms. The van der Waals surface area contributed by atoms with Gasteiger partial charge in [0.25, 0.3) is 0 Å². The number of nitrogens with zero attached hydrogens (tertiary/aromatic N) is 1. The van der Waals surface area contributed by atoms with Gasteiger partial charge >= 0.3 is 0 Å². The van der Waals surface area contributed by atoms with Crippen LogP contribution < -0.4 is 15.4 Å². The summed E-state index contributed by atoms with van der Waals surface area (Å²) in [7, 11) is -1.45. The van der Waals surface area contributed by atoms with Crippen molar-refractivity contribution in [2.24, 2.45) is 4.99 Å². The molecule has 0 bridgehead atoms. The minimum atomic E-state index is -3.13. The molecule has 0 aromatic heterocycles. The maximum Gasteiger partial charge on any atom is 0.211 e. The van der Waals surface area contributed by atoms with Crippen molar-refractivity contribution < 1.29 is 8.42 Å². The van der Waals surface area contributed by atoms with E-state index in [1.54, 1.807) is 14.0 Å². The summed E-state index contributed by atoms with van der Waals surface area (Å²) in [5, 5.41) is 6.25. The highest BCUT2D eigenvalue weighted by molar-refractivity contribution is 7.89. The zero-order valence-corrected chi connectivity index (χ0v) is 13.6. The van der Waals surface area contributed by atoms with Gasteiger partial charge < -0.3 is 10.6 Å². The van der Waals surface area contributed by atoms with Crippen LogP contribution in [0, 0.1) is 6.92 Å². The van der Waals surface area contributed by atoms with Gasteiger partial charge in [-0.2, -0.15) is 0 Å². The Morgan fingerprint density at radius 1 is 1.24 bits per heavy atom.